The Balaban J connectivity index is 2.06. The lowest BCUT2D eigenvalue weighted by molar-refractivity contribution is 0.194. The molecule has 0 aromatic heterocycles. The average Bonchev–Trinajstić information content (AvgIpc) is 2.51. The van der Waals surface area contributed by atoms with Crippen molar-refractivity contribution >= 4 is 11.6 Å². The zero-order valence-electron chi connectivity index (χ0n) is 8.99. The van der Waals surface area contributed by atoms with E-state index in [-0.39, 0.29) is 17.2 Å². The van der Waals surface area contributed by atoms with Crippen molar-refractivity contribution < 1.29 is 9.13 Å². The minimum Gasteiger partial charge on any atom is -0.487 e. The van der Waals surface area contributed by atoms with Gasteiger partial charge in [-0.3, -0.25) is 0 Å². The van der Waals surface area contributed by atoms with Crippen molar-refractivity contribution in [1.82, 2.24) is 4.90 Å². The lowest BCUT2D eigenvalue weighted by atomic mass is 10.2. The van der Waals surface area contributed by atoms with Crippen LogP contribution in [-0.4, -0.2) is 37.2 Å². The van der Waals surface area contributed by atoms with E-state index in [1.54, 1.807) is 6.07 Å². The number of benzene rings is 1. The summed E-state index contributed by atoms with van der Waals surface area (Å²) >= 11 is 5.59. The van der Waals surface area contributed by atoms with Crippen molar-refractivity contribution in [1.29, 1.82) is 0 Å². The summed E-state index contributed by atoms with van der Waals surface area (Å²) in [6, 6.07) is 4.38. The number of ether oxygens (including phenoxy) is 1. The van der Waals surface area contributed by atoms with E-state index in [0.29, 0.717) is 5.75 Å². The molecule has 0 saturated carbocycles. The van der Waals surface area contributed by atoms with Crippen LogP contribution in [0.1, 0.15) is 0 Å². The third-order valence-electron chi connectivity index (χ3n) is 2.67. The quantitative estimate of drug-likeness (QED) is 0.857. The fourth-order valence-corrected chi connectivity index (χ4v) is 1.96. The standard InChI is InChI=1S/C11H14ClFN2O/c1-15-5-10(14)11(6-15)16-7-2-3-8(12)9(13)4-7/h2-4,10-11H,5-6,14H2,1H3/t10?,11-/m0/s1. The summed E-state index contributed by atoms with van der Waals surface area (Å²) in [5.41, 5.74) is 5.90. The van der Waals surface area contributed by atoms with Gasteiger partial charge in [-0.2, -0.15) is 0 Å². The van der Waals surface area contributed by atoms with Crippen LogP contribution in [0.4, 0.5) is 4.39 Å². The van der Waals surface area contributed by atoms with Crippen LogP contribution in [0.5, 0.6) is 5.75 Å². The molecule has 1 aromatic carbocycles. The zero-order valence-corrected chi connectivity index (χ0v) is 9.75. The van der Waals surface area contributed by atoms with Gasteiger partial charge in [0.05, 0.1) is 11.1 Å². The lowest BCUT2D eigenvalue weighted by Gasteiger charge is -2.17. The third-order valence-corrected chi connectivity index (χ3v) is 2.98. The number of likely N-dealkylation sites (tertiary alicyclic amines) is 1. The summed E-state index contributed by atoms with van der Waals surface area (Å²) in [7, 11) is 1.98. The highest BCUT2D eigenvalue weighted by Gasteiger charge is 2.29. The molecule has 88 valence electrons. The van der Waals surface area contributed by atoms with Gasteiger partial charge < -0.3 is 15.4 Å². The van der Waals surface area contributed by atoms with Crippen LogP contribution in [0.3, 0.4) is 0 Å². The van der Waals surface area contributed by atoms with Crippen molar-refractivity contribution in [2.45, 2.75) is 12.1 Å². The highest BCUT2D eigenvalue weighted by molar-refractivity contribution is 6.30. The Labute approximate surface area is 98.9 Å². The Morgan fingerprint density at radius 1 is 1.50 bits per heavy atom. The second-order valence-electron chi connectivity index (χ2n) is 4.12. The van der Waals surface area contributed by atoms with Crippen molar-refractivity contribution in [3.63, 3.8) is 0 Å². The van der Waals surface area contributed by atoms with E-state index in [9.17, 15) is 4.39 Å². The van der Waals surface area contributed by atoms with Gasteiger partial charge >= 0.3 is 0 Å². The van der Waals surface area contributed by atoms with Gasteiger partial charge in [0, 0.05) is 19.2 Å². The van der Waals surface area contributed by atoms with E-state index in [1.165, 1.54) is 12.1 Å². The third kappa shape index (κ3) is 2.45. The molecule has 0 radical (unpaired) electrons. The first-order valence-electron chi connectivity index (χ1n) is 5.12. The molecular formula is C11H14ClFN2O. The Hall–Kier alpha value is -0.840. The number of hydrogen-bond donors (Lipinski definition) is 1. The SMILES string of the molecule is CN1CC(N)[C@@H](Oc2ccc(Cl)c(F)c2)C1. The van der Waals surface area contributed by atoms with Gasteiger partial charge in [0.15, 0.2) is 0 Å². The smallest absolute Gasteiger partial charge is 0.145 e. The first-order valence-corrected chi connectivity index (χ1v) is 5.50. The summed E-state index contributed by atoms with van der Waals surface area (Å²) in [5.74, 6) is -0.00302. The Morgan fingerprint density at radius 3 is 2.81 bits per heavy atom. The van der Waals surface area contributed by atoms with Crippen molar-refractivity contribution in [2.75, 3.05) is 20.1 Å². The second-order valence-corrected chi connectivity index (χ2v) is 4.52. The summed E-state index contributed by atoms with van der Waals surface area (Å²) in [5, 5.41) is 0.0974. The number of nitrogens with two attached hydrogens (primary N) is 1. The Morgan fingerprint density at radius 2 is 2.25 bits per heavy atom. The first kappa shape index (κ1) is 11.6. The average molecular weight is 245 g/mol. The number of nitrogens with zero attached hydrogens (tertiary/aromatic N) is 1. The van der Waals surface area contributed by atoms with Crippen LogP contribution in [0.25, 0.3) is 0 Å². The molecule has 1 saturated heterocycles. The molecule has 2 rings (SSSR count). The molecule has 0 bridgehead atoms. The molecule has 1 unspecified atom stereocenters. The molecule has 1 heterocycles. The first-order chi connectivity index (χ1) is 7.56. The molecule has 0 spiro atoms. The van der Waals surface area contributed by atoms with Gasteiger partial charge in [-0.25, -0.2) is 4.39 Å². The zero-order chi connectivity index (χ0) is 11.7. The molecule has 0 amide bonds. The van der Waals surface area contributed by atoms with E-state index < -0.39 is 5.82 Å². The van der Waals surface area contributed by atoms with Crippen molar-refractivity contribution in [3.8, 4) is 5.75 Å². The van der Waals surface area contributed by atoms with Crippen molar-refractivity contribution in [3.05, 3.63) is 29.0 Å². The molecule has 3 nitrogen and oxygen atoms in total. The van der Waals surface area contributed by atoms with Gasteiger partial charge in [0.1, 0.15) is 17.7 Å². The Kier molecular flexibility index (Phi) is 3.33. The second kappa shape index (κ2) is 4.57. The predicted octanol–water partition coefficient (Wildman–Crippen LogP) is 1.50. The fourth-order valence-electron chi connectivity index (χ4n) is 1.84. The van der Waals surface area contributed by atoms with E-state index in [1.807, 2.05) is 7.05 Å². The van der Waals surface area contributed by atoms with E-state index in [0.717, 1.165) is 13.1 Å². The molecular weight excluding hydrogens is 231 g/mol. The summed E-state index contributed by atoms with van der Waals surface area (Å²) in [6.07, 6.45) is -0.0921. The monoisotopic (exact) mass is 244 g/mol. The summed E-state index contributed by atoms with van der Waals surface area (Å²) in [6.45, 7) is 1.55. The minimum atomic E-state index is -0.473. The molecule has 1 aliphatic heterocycles. The number of rotatable bonds is 2. The number of hydrogen-bond acceptors (Lipinski definition) is 3. The maximum atomic E-state index is 13.2. The van der Waals surface area contributed by atoms with Crippen LogP contribution in [-0.2, 0) is 0 Å². The highest BCUT2D eigenvalue weighted by Crippen LogP contribution is 2.22. The molecule has 1 aromatic rings. The van der Waals surface area contributed by atoms with Crippen LogP contribution in [0.2, 0.25) is 5.02 Å². The predicted molar refractivity (Wildman–Crippen MR) is 61.3 cm³/mol. The van der Waals surface area contributed by atoms with Gasteiger partial charge in [0.2, 0.25) is 0 Å². The van der Waals surface area contributed by atoms with Gasteiger partial charge in [0.25, 0.3) is 0 Å². The van der Waals surface area contributed by atoms with Crippen LogP contribution >= 0.6 is 11.6 Å². The van der Waals surface area contributed by atoms with Crippen LogP contribution < -0.4 is 10.5 Å². The van der Waals surface area contributed by atoms with Crippen molar-refractivity contribution in [2.24, 2.45) is 5.73 Å². The molecule has 1 fully saturated rings. The minimum absolute atomic E-state index is 0.0382. The van der Waals surface area contributed by atoms with Gasteiger partial charge in [-0.15, -0.1) is 0 Å². The summed E-state index contributed by atoms with van der Waals surface area (Å²) < 4.78 is 18.8. The van der Waals surface area contributed by atoms with Crippen LogP contribution in [0.15, 0.2) is 18.2 Å². The fraction of sp³-hybridized carbons (Fsp3) is 0.455. The molecule has 0 aliphatic carbocycles. The largest absolute Gasteiger partial charge is 0.487 e. The van der Waals surface area contributed by atoms with Gasteiger partial charge in [-0.05, 0) is 19.2 Å². The lowest BCUT2D eigenvalue weighted by Crippen LogP contribution is -2.37. The molecule has 16 heavy (non-hydrogen) atoms. The molecule has 1 aliphatic rings. The maximum Gasteiger partial charge on any atom is 0.145 e. The van der Waals surface area contributed by atoms with E-state index in [2.05, 4.69) is 4.90 Å². The number of likely N-dealkylation sites (N-methyl/N-ethyl adjacent to an activating group) is 1. The van der Waals surface area contributed by atoms with E-state index >= 15 is 0 Å². The molecule has 2 atom stereocenters. The topological polar surface area (TPSA) is 38.5 Å². The maximum absolute atomic E-state index is 13.2. The highest BCUT2D eigenvalue weighted by atomic mass is 35.5. The van der Waals surface area contributed by atoms with Gasteiger partial charge in [-0.1, -0.05) is 11.6 Å². The normalized spacial score (nSPS) is 26.0. The molecule has 2 N–H and O–H groups in total. The Bertz CT molecular complexity index is 388. The van der Waals surface area contributed by atoms with E-state index in [4.69, 9.17) is 22.1 Å². The number of halogens is 2. The molecule has 5 heteroatoms. The summed E-state index contributed by atoms with van der Waals surface area (Å²) in [4.78, 5) is 2.08. The van der Waals surface area contributed by atoms with Crippen LogP contribution in [0, 0.1) is 5.82 Å².